The van der Waals surface area contributed by atoms with Gasteiger partial charge < -0.3 is 10.4 Å². The van der Waals surface area contributed by atoms with Crippen molar-refractivity contribution in [3.63, 3.8) is 0 Å². The van der Waals surface area contributed by atoms with Crippen molar-refractivity contribution in [1.29, 1.82) is 0 Å². The fraction of sp³-hybridized carbons (Fsp3) is 0.353. The molecular weight excluding hydrogens is 276 g/mol. The summed E-state index contributed by atoms with van der Waals surface area (Å²) in [4.78, 5) is 4.10. The smallest absolute Gasteiger partial charge is 0.257 e. The Morgan fingerprint density at radius 3 is 1.86 bits per heavy atom. The minimum atomic E-state index is 0.577. The van der Waals surface area contributed by atoms with Gasteiger partial charge in [0, 0.05) is 12.3 Å². The maximum absolute atomic E-state index is 4.99. The van der Waals surface area contributed by atoms with Gasteiger partial charge in [-0.1, -0.05) is 57.1 Å². The zero-order valence-corrected chi connectivity index (χ0v) is 14.7. The van der Waals surface area contributed by atoms with E-state index >= 15 is 0 Å². The quantitative estimate of drug-likeness (QED) is 0.353. The monoisotopic (exact) mass is 306 g/mol. The predicted octanol–water partition coefficient (Wildman–Crippen LogP) is 4.85. The van der Waals surface area contributed by atoms with Crippen molar-refractivity contribution in [3.05, 3.63) is 48.8 Å². The van der Waals surface area contributed by atoms with E-state index in [1.165, 1.54) is 0 Å². The fourth-order valence-corrected chi connectivity index (χ4v) is 0.995. The van der Waals surface area contributed by atoms with Gasteiger partial charge in [-0.05, 0) is 26.0 Å². The van der Waals surface area contributed by atoms with Crippen LogP contribution in [0.25, 0.3) is 11.5 Å². The van der Waals surface area contributed by atoms with E-state index in [1.54, 1.807) is 13.0 Å². The van der Waals surface area contributed by atoms with Crippen LogP contribution in [0.1, 0.15) is 40.4 Å². The summed E-state index contributed by atoms with van der Waals surface area (Å²) in [7, 11) is 0. The predicted molar refractivity (Wildman–Crippen MR) is 96.8 cm³/mol. The standard InChI is InChI=1S/C9H8N2O.C3H6.2C2H6.CH4N2/c1-7-10-9(12-11-7)8-5-3-2-4-6-8;1-3-2;2*1-2;1-3-2/h2-6H,1H3;3H,1H2,2H3;2*1-2H3;1-2H2. The van der Waals surface area contributed by atoms with Gasteiger partial charge in [-0.15, -0.1) is 6.58 Å². The molecule has 124 valence electrons. The summed E-state index contributed by atoms with van der Waals surface area (Å²) in [6.45, 7) is 17.9. The van der Waals surface area contributed by atoms with Gasteiger partial charge in [-0.25, -0.2) is 0 Å². The van der Waals surface area contributed by atoms with Crippen LogP contribution in [0.3, 0.4) is 0 Å². The van der Waals surface area contributed by atoms with E-state index in [2.05, 4.69) is 34.4 Å². The summed E-state index contributed by atoms with van der Waals surface area (Å²) in [5.74, 6) is 5.60. The Morgan fingerprint density at radius 2 is 1.55 bits per heavy atom. The van der Waals surface area contributed by atoms with Gasteiger partial charge in [-0.2, -0.15) is 10.1 Å². The van der Waals surface area contributed by atoms with Crippen LogP contribution in [0.5, 0.6) is 0 Å². The molecule has 0 fully saturated rings. The molecule has 0 unspecified atom stereocenters. The van der Waals surface area contributed by atoms with Gasteiger partial charge in [0.05, 0.1) is 0 Å². The minimum Gasteiger partial charge on any atom is -0.334 e. The molecule has 22 heavy (non-hydrogen) atoms. The van der Waals surface area contributed by atoms with E-state index in [1.807, 2.05) is 65.0 Å². The molecule has 2 aromatic rings. The summed E-state index contributed by atoms with van der Waals surface area (Å²) in [5, 5.41) is 6.46. The second kappa shape index (κ2) is 20.9. The van der Waals surface area contributed by atoms with Crippen molar-refractivity contribution in [2.45, 2.75) is 41.5 Å². The zero-order valence-electron chi connectivity index (χ0n) is 14.7. The van der Waals surface area contributed by atoms with Crippen LogP contribution < -0.4 is 5.84 Å². The van der Waals surface area contributed by atoms with E-state index in [-0.39, 0.29) is 0 Å². The van der Waals surface area contributed by atoms with Crippen LogP contribution in [0, 0.1) is 6.92 Å². The molecule has 5 nitrogen and oxygen atoms in total. The highest BCUT2D eigenvalue weighted by Crippen LogP contribution is 2.15. The highest BCUT2D eigenvalue weighted by molar-refractivity contribution is 5.51. The molecule has 0 aliphatic carbocycles. The third kappa shape index (κ3) is 14.0. The minimum absolute atomic E-state index is 0.577. The summed E-state index contributed by atoms with van der Waals surface area (Å²) in [6.07, 6.45) is 1.75. The van der Waals surface area contributed by atoms with E-state index in [4.69, 9.17) is 4.52 Å². The van der Waals surface area contributed by atoms with E-state index < -0.39 is 0 Å². The summed E-state index contributed by atoms with van der Waals surface area (Å²) < 4.78 is 4.99. The molecular formula is C17H30N4O. The first-order valence-corrected chi connectivity index (χ1v) is 7.28. The number of nitrogens with two attached hydrogens (primary N) is 1. The topological polar surface area (TPSA) is 77.3 Å². The molecule has 5 heteroatoms. The van der Waals surface area contributed by atoms with Crippen molar-refractivity contribution in [2.24, 2.45) is 10.9 Å². The van der Waals surface area contributed by atoms with Crippen molar-refractivity contribution in [3.8, 4) is 11.5 Å². The molecule has 0 radical (unpaired) electrons. The Morgan fingerprint density at radius 1 is 1.14 bits per heavy atom. The van der Waals surface area contributed by atoms with Gasteiger partial charge in [-0.3, -0.25) is 0 Å². The van der Waals surface area contributed by atoms with Crippen molar-refractivity contribution in [2.75, 3.05) is 0 Å². The lowest BCUT2D eigenvalue weighted by atomic mass is 10.2. The van der Waals surface area contributed by atoms with Crippen LogP contribution in [0.15, 0.2) is 52.6 Å². The first kappa shape index (κ1) is 24.6. The molecule has 1 aromatic heterocycles. The number of hydrogen-bond acceptors (Lipinski definition) is 5. The highest BCUT2D eigenvalue weighted by Gasteiger charge is 2.03. The van der Waals surface area contributed by atoms with E-state index in [0.29, 0.717) is 11.7 Å². The number of benzene rings is 1. The first-order chi connectivity index (χ1) is 10.7. The lowest BCUT2D eigenvalue weighted by Crippen LogP contribution is -1.76. The number of hydrogen-bond donors (Lipinski definition) is 1. The third-order valence-corrected chi connectivity index (χ3v) is 1.55. The van der Waals surface area contributed by atoms with Crippen molar-refractivity contribution >= 4 is 6.72 Å². The average molecular weight is 306 g/mol. The fourth-order valence-electron chi connectivity index (χ4n) is 0.995. The molecule has 1 aromatic carbocycles. The Balaban J connectivity index is -0.000000306. The van der Waals surface area contributed by atoms with Gasteiger partial charge in [0.1, 0.15) is 0 Å². The van der Waals surface area contributed by atoms with E-state index in [0.717, 1.165) is 5.56 Å². The van der Waals surface area contributed by atoms with Gasteiger partial charge in [0.2, 0.25) is 0 Å². The molecule has 0 spiro atoms. The summed E-state index contributed by atoms with van der Waals surface area (Å²) in [6, 6.07) is 9.70. The largest absolute Gasteiger partial charge is 0.334 e. The Bertz CT molecular complexity index is 447. The summed E-state index contributed by atoms with van der Waals surface area (Å²) in [5.41, 5.74) is 0.957. The van der Waals surface area contributed by atoms with Gasteiger partial charge in [0.25, 0.3) is 5.89 Å². The average Bonchev–Trinajstić information content (AvgIpc) is 3.00. The molecule has 0 bridgehead atoms. The van der Waals surface area contributed by atoms with Gasteiger partial charge >= 0.3 is 0 Å². The lowest BCUT2D eigenvalue weighted by Gasteiger charge is -1.89. The lowest BCUT2D eigenvalue weighted by molar-refractivity contribution is 0.425. The normalized spacial score (nSPS) is 7.18. The number of hydrazone groups is 1. The molecule has 1 heterocycles. The molecule has 0 saturated heterocycles. The Labute approximate surface area is 134 Å². The molecule has 0 saturated carbocycles. The van der Waals surface area contributed by atoms with Crippen LogP contribution in [0.4, 0.5) is 0 Å². The van der Waals surface area contributed by atoms with Crippen LogP contribution in [0.2, 0.25) is 0 Å². The molecule has 0 amide bonds. The molecule has 2 N–H and O–H groups in total. The number of aryl methyl sites for hydroxylation is 1. The maximum atomic E-state index is 4.99. The molecule has 0 atom stereocenters. The first-order valence-electron chi connectivity index (χ1n) is 7.28. The Kier molecular flexibility index (Phi) is 23.3. The molecule has 0 aliphatic heterocycles. The summed E-state index contributed by atoms with van der Waals surface area (Å²) >= 11 is 0. The zero-order chi connectivity index (χ0) is 17.8. The van der Waals surface area contributed by atoms with Crippen LogP contribution in [-0.2, 0) is 0 Å². The van der Waals surface area contributed by atoms with Crippen LogP contribution >= 0.6 is 0 Å². The molecule has 0 aliphatic rings. The van der Waals surface area contributed by atoms with Crippen molar-refractivity contribution in [1.82, 2.24) is 10.1 Å². The van der Waals surface area contributed by atoms with Gasteiger partial charge in [0.15, 0.2) is 5.82 Å². The second-order valence-corrected chi connectivity index (χ2v) is 3.10. The third-order valence-electron chi connectivity index (χ3n) is 1.55. The maximum Gasteiger partial charge on any atom is 0.257 e. The van der Waals surface area contributed by atoms with Crippen molar-refractivity contribution < 1.29 is 4.52 Å². The number of rotatable bonds is 1. The SMILES string of the molecule is C=CC.C=NN.CC.CC.Cc1noc(-c2ccccc2)n1. The number of aromatic nitrogens is 2. The second-order valence-electron chi connectivity index (χ2n) is 3.10. The number of nitrogens with zero attached hydrogens (tertiary/aromatic N) is 3. The number of allylic oxidation sites excluding steroid dienone is 1. The van der Waals surface area contributed by atoms with E-state index in [9.17, 15) is 0 Å². The highest BCUT2D eigenvalue weighted by atomic mass is 16.5. The van der Waals surface area contributed by atoms with Crippen LogP contribution in [-0.4, -0.2) is 16.9 Å². The Hall–Kier alpha value is -2.43. The molecule has 2 rings (SSSR count).